The number of aromatic nitrogens is 1. The number of nitrogens with one attached hydrogen (secondary N) is 1. The Kier molecular flexibility index (Phi) is 4.64. The van der Waals surface area contributed by atoms with Crippen molar-refractivity contribution in [2.24, 2.45) is 5.10 Å². The lowest BCUT2D eigenvalue weighted by Crippen LogP contribution is -2.01. The fraction of sp³-hybridized carbons (Fsp3) is 0.0769. The number of anilines is 1. The van der Waals surface area contributed by atoms with E-state index in [2.05, 4.69) is 15.5 Å². The molecule has 0 unspecified atom stereocenters. The Morgan fingerprint density at radius 2 is 1.79 bits per heavy atom. The molecule has 1 aromatic heterocycles. The van der Waals surface area contributed by atoms with Crippen LogP contribution in [0, 0.1) is 0 Å². The van der Waals surface area contributed by atoms with Gasteiger partial charge in [-0.05, 0) is 18.6 Å². The van der Waals surface area contributed by atoms with Gasteiger partial charge in [0.15, 0.2) is 5.82 Å². The van der Waals surface area contributed by atoms with Crippen molar-refractivity contribution in [1.29, 1.82) is 0 Å². The average molecular weight is 315 g/mol. The first-order chi connectivity index (χ1) is 9.08. The van der Waals surface area contributed by atoms with Crippen LogP contribution >= 0.6 is 34.8 Å². The molecule has 1 heterocycles. The van der Waals surface area contributed by atoms with Crippen molar-refractivity contribution in [3.63, 3.8) is 0 Å². The maximum atomic E-state index is 5.99. The van der Waals surface area contributed by atoms with Crippen LogP contribution in [0.5, 0.6) is 0 Å². The highest BCUT2D eigenvalue weighted by Crippen LogP contribution is 2.28. The molecule has 0 amide bonds. The van der Waals surface area contributed by atoms with E-state index < -0.39 is 0 Å². The van der Waals surface area contributed by atoms with Crippen LogP contribution in [0.2, 0.25) is 15.2 Å². The average Bonchev–Trinajstić information content (AvgIpc) is 2.42. The van der Waals surface area contributed by atoms with Gasteiger partial charge < -0.3 is 0 Å². The molecule has 0 fully saturated rings. The van der Waals surface area contributed by atoms with Gasteiger partial charge in [-0.1, -0.05) is 65.1 Å². The van der Waals surface area contributed by atoms with Crippen molar-refractivity contribution in [3.8, 4) is 0 Å². The highest BCUT2D eigenvalue weighted by Gasteiger charge is 2.07. The lowest BCUT2D eigenvalue weighted by Gasteiger charge is -2.06. The Morgan fingerprint density at radius 3 is 2.47 bits per heavy atom. The molecule has 6 heteroatoms. The van der Waals surface area contributed by atoms with Gasteiger partial charge in [0.2, 0.25) is 0 Å². The number of benzene rings is 1. The summed E-state index contributed by atoms with van der Waals surface area (Å²) in [5.41, 5.74) is 4.60. The smallest absolute Gasteiger partial charge is 0.166 e. The van der Waals surface area contributed by atoms with Gasteiger partial charge in [0.25, 0.3) is 0 Å². The van der Waals surface area contributed by atoms with E-state index in [1.807, 2.05) is 37.3 Å². The summed E-state index contributed by atoms with van der Waals surface area (Å²) < 4.78 is 0. The predicted molar refractivity (Wildman–Crippen MR) is 81.5 cm³/mol. The molecule has 19 heavy (non-hydrogen) atoms. The minimum atomic E-state index is 0.182. The molecule has 1 N–H and O–H groups in total. The summed E-state index contributed by atoms with van der Waals surface area (Å²) in [4.78, 5) is 4.02. The zero-order chi connectivity index (χ0) is 13.8. The first-order valence-electron chi connectivity index (χ1n) is 5.45. The van der Waals surface area contributed by atoms with Gasteiger partial charge in [-0.25, -0.2) is 4.98 Å². The lowest BCUT2D eigenvalue weighted by atomic mass is 10.1. The lowest BCUT2D eigenvalue weighted by molar-refractivity contribution is 1.22. The maximum absolute atomic E-state index is 5.99. The van der Waals surface area contributed by atoms with Crippen LogP contribution in [0.1, 0.15) is 12.5 Å². The molecular formula is C13H10Cl3N3. The molecule has 2 rings (SSSR count). The van der Waals surface area contributed by atoms with Crippen molar-refractivity contribution in [3.05, 3.63) is 57.2 Å². The summed E-state index contributed by atoms with van der Waals surface area (Å²) in [7, 11) is 0. The third-order valence-electron chi connectivity index (χ3n) is 2.41. The number of hydrogen-bond acceptors (Lipinski definition) is 3. The molecule has 2 aromatic rings. The van der Waals surface area contributed by atoms with Gasteiger partial charge in [0.1, 0.15) is 5.15 Å². The van der Waals surface area contributed by atoms with Crippen molar-refractivity contribution < 1.29 is 0 Å². The van der Waals surface area contributed by atoms with E-state index in [1.165, 1.54) is 6.07 Å². The first-order valence-corrected chi connectivity index (χ1v) is 6.58. The van der Waals surface area contributed by atoms with Crippen LogP contribution in [0.15, 0.2) is 41.5 Å². The zero-order valence-electron chi connectivity index (χ0n) is 9.99. The van der Waals surface area contributed by atoms with E-state index in [4.69, 9.17) is 34.8 Å². The van der Waals surface area contributed by atoms with Crippen LogP contribution in [0.4, 0.5) is 5.82 Å². The number of halogens is 3. The second-order valence-corrected chi connectivity index (χ2v) is 4.94. The van der Waals surface area contributed by atoms with E-state index in [9.17, 15) is 0 Å². The summed E-state index contributed by atoms with van der Waals surface area (Å²) in [5, 5.41) is 5.06. The van der Waals surface area contributed by atoms with Crippen LogP contribution < -0.4 is 5.43 Å². The number of rotatable bonds is 3. The number of nitrogens with zero attached hydrogens (tertiary/aromatic N) is 2. The van der Waals surface area contributed by atoms with Crippen LogP contribution in [0.3, 0.4) is 0 Å². The Balaban J connectivity index is 2.21. The molecule has 98 valence electrons. The van der Waals surface area contributed by atoms with Gasteiger partial charge in [0.05, 0.1) is 15.8 Å². The van der Waals surface area contributed by atoms with Gasteiger partial charge in [-0.2, -0.15) is 5.10 Å². The van der Waals surface area contributed by atoms with Gasteiger partial charge in [-0.15, -0.1) is 0 Å². The second kappa shape index (κ2) is 6.24. The third-order valence-corrected chi connectivity index (χ3v) is 3.37. The third kappa shape index (κ3) is 3.60. The van der Waals surface area contributed by atoms with Gasteiger partial charge >= 0.3 is 0 Å². The fourth-order valence-electron chi connectivity index (χ4n) is 1.40. The predicted octanol–water partition coefficient (Wildman–Crippen LogP) is 4.88. The Hall–Kier alpha value is -1.29. The molecule has 0 aliphatic rings. The number of pyridine rings is 1. The summed E-state index contributed by atoms with van der Waals surface area (Å²) >= 11 is 17.6. The molecule has 0 atom stereocenters. The first kappa shape index (κ1) is 14.1. The van der Waals surface area contributed by atoms with Gasteiger partial charge in [0, 0.05) is 0 Å². The molecule has 1 aromatic carbocycles. The SMILES string of the molecule is CC(=NNc1nc(Cl)c(Cl)cc1Cl)c1ccccc1. The summed E-state index contributed by atoms with van der Waals surface area (Å²) in [6.45, 7) is 1.88. The quantitative estimate of drug-likeness (QED) is 0.498. The highest BCUT2D eigenvalue weighted by atomic mass is 35.5. The molecular weight excluding hydrogens is 305 g/mol. The molecule has 0 saturated carbocycles. The van der Waals surface area contributed by atoms with Crippen molar-refractivity contribution >= 4 is 46.3 Å². The Bertz CT molecular complexity index is 612. The van der Waals surface area contributed by atoms with E-state index >= 15 is 0 Å². The van der Waals surface area contributed by atoms with Crippen molar-refractivity contribution in [2.45, 2.75) is 6.92 Å². The van der Waals surface area contributed by atoms with Crippen molar-refractivity contribution in [2.75, 3.05) is 5.43 Å². The molecule has 0 aliphatic heterocycles. The summed E-state index contributed by atoms with van der Waals surface area (Å²) in [5.74, 6) is 0.367. The Labute approximate surface area is 126 Å². The minimum Gasteiger partial charge on any atom is -0.260 e. The monoisotopic (exact) mass is 313 g/mol. The summed E-state index contributed by atoms with van der Waals surface area (Å²) in [6.07, 6.45) is 0. The number of hydrogen-bond donors (Lipinski definition) is 1. The molecule has 0 radical (unpaired) electrons. The molecule has 3 nitrogen and oxygen atoms in total. The fourth-order valence-corrected chi connectivity index (χ4v) is 1.94. The normalized spacial score (nSPS) is 11.5. The molecule has 0 aliphatic carbocycles. The summed E-state index contributed by atoms with van der Waals surface area (Å²) in [6, 6.07) is 11.3. The van der Waals surface area contributed by atoms with E-state index in [0.717, 1.165) is 11.3 Å². The van der Waals surface area contributed by atoms with Crippen LogP contribution in [-0.4, -0.2) is 10.7 Å². The van der Waals surface area contributed by atoms with E-state index in [0.29, 0.717) is 15.9 Å². The molecule has 0 saturated heterocycles. The van der Waals surface area contributed by atoms with Crippen molar-refractivity contribution in [1.82, 2.24) is 4.98 Å². The second-order valence-electron chi connectivity index (χ2n) is 3.77. The van der Waals surface area contributed by atoms with E-state index in [-0.39, 0.29) is 5.15 Å². The highest BCUT2D eigenvalue weighted by molar-refractivity contribution is 6.42. The zero-order valence-corrected chi connectivity index (χ0v) is 12.3. The molecule has 0 spiro atoms. The Morgan fingerprint density at radius 1 is 1.11 bits per heavy atom. The molecule has 0 bridgehead atoms. The standard InChI is InChI=1S/C13H10Cl3N3/c1-8(9-5-3-2-4-6-9)18-19-13-11(15)7-10(14)12(16)17-13/h2-7H,1H3,(H,17,19). The van der Waals surface area contributed by atoms with Crippen LogP contribution in [0.25, 0.3) is 0 Å². The van der Waals surface area contributed by atoms with E-state index in [1.54, 1.807) is 0 Å². The topological polar surface area (TPSA) is 37.3 Å². The minimum absolute atomic E-state index is 0.182. The van der Waals surface area contributed by atoms with Gasteiger partial charge in [-0.3, -0.25) is 5.43 Å². The number of hydrazone groups is 1. The largest absolute Gasteiger partial charge is 0.260 e. The maximum Gasteiger partial charge on any atom is 0.166 e. The van der Waals surface area contributed by atoms with Crippen LogP contribution in [-0.2, 0) is 0 Å².